The zero-order chi connectivity index (χ0) is 41.3. The minimum atomic E-state index is -0.878. The number of aromatic nitrogens is 1. The summed E-state index contributed by atoms with van der Waals surface area (Å²) in [5, 5.41) is 24.5. The third-order valence-corrected chi connectivity index (χ3v) is 11.8. The number of aliphatic imine (C=N–C) groups is 3. The van der Waals surface area contributed by atoms with Gasteiger partial charge in [-0.25, -0.2) is 9.98 Å². The van der Waals surface area contributed by atoms with Gasteiger partial charge < -0.3 is 19.9 Å². The van der Waals surface area contributed by atoms with Crippen molar-refractivity contribution in [2.24, 2.45) is 26.8 Å². The first kappa shape index (κ1) is 45.3. The van der Waals surface area contributed by atoms with Crippen molar-refractivity contribution >= 4 is 46.5 Å². The summed E-state index contributed by atoms with van der Waals surface area (Å²) in [6.07, 6.45) is 29.9. The molecule has 1 aliphatic carbocycles. The van der Waals surface area contributed by atoms with Crippen molar-refractivity contribution in [3.63, 3.8) is 0 Å². The Morgan fingerprint density at radius 3 is 2.31 bits per heavy atom. The minimum absolute atomic E-state index is 0. The van der Waals surface area contributed by atoms with Gasteiger partial charge in [0.05, 0.1) is 17.1 Å². The van der Waals surface area contributed by atoms with Gasteiger partial charge in [-0.3, -0.25) is 14.6 Å². The number of ether oxygens (including phenoxy) is 1. The molecule has 1 aromatic heterocycles. The summed E-state index contributed by atoms with van der Waals surface area (Å²) in [7, 11) is 0. The first-order valence-electron chi connectivity index (χ1n) is 21.3. The minimum Gasteiger partial charge on any atom is -0.875 e. The third kappa shape index (κ3) is 10.5. The monoisotopic (exact) mass is 840 g/mol. The van der Waals surface area contributed by atoms with E-state index in [4.69, 9.17) is 24.7 Å². The molecular weight excluding hydrogens is 783 g/mol. The van der Waals surface area contributed by atoms with Gasteiger partial charge >= 0.3 is 28.4 Å². The molecule has 1 aromatic rings. The van der Waals surface area contributed by atoms with Crippen LogP contribution in [0.15, 0.2) is 103 Å². The summed E-state index contributed by atoms with van der Waals surface area (Å²) in [5.74, 6) is -1.11. The summed E-state index contributed by atoms with van der Waals surface area (Å²) < 4.78 is 6.15. The van der Waals surface area contributed by atoms with Crippen molar-refractivity contribution in [3.8, 4) is 0 Å². The molecule has 10 heteroatoms. The van der Waals surface area contributed by atoms with Crippen LogP contribution in [0.5, 0.6) is 0 Å². The number of allylic oxidation sites excluding steroid dienone is 12. The van der Waals surface area contributed by atoms with Gasteiger partial charge in [0.2, 0.25) is 0 Å². The molecule has 8 bridgehead atoms. The first-order chi connectivity index (χ1) is 28.0. The van der Waals surface area contributed by atoms with E-state index in [1.807, 2.05) is 45.9 Å². The van der Waals surface area contributed by atoms with E-state index in [1.165, 1.54) is 0 Å². The Bertz CT molecular complexity index is 2300. The van der Waals surface area contributed by atoms with Crippen molar-refractivity contribution in [3.05, 3.63) is 110 Å². The quantitative estimate of drug-likeness (QED) is 0.0680. The number of esters is 1. The molecule has 0 saturated heterocycles. The number of carboxylic acid groups (broad SMARTS) is 1. The average Bonchev–Trinajstić information content (AvgIpc) is 3.95. The number of fused-ring (bicyclic) bond motifs is 5. The Balaban J connectivity index is 0.00000661. The fraction of sp³-hybridized carbons (Fsp3) is 0.449. The van der Waals surface area contributed by atoms with Crippen LogP contribution in [-0.4, -0.2) is 34.2 Å². The van der Waals surface area contributed by atoms with Crippen LogP contribution in [0.4, 0.5) is 0 Å². The molecule has 0 radical (unpaired) electrons. The van der Waals surface area contributed by atoms with Gasteiger partial charge in [0.1, 0.15) is 5.70 Å². The second kappa shape index (κ2) is 20.9. The predicted octanol–water partition coefficient (Wildman–Crippen LogP) is 8.71. The van der Waals surface area contributed by atoms with E-state index in [1.54, 1.807) is 0 Å². The molecule has 0 fully saturated rings. The number of carbonyl (C=O) groups excluding carboxylic acids is 1. The van der Waals surface area contributed by atoms with Crippen molar-refractivity contribution in [1.29, 1.82) is 0 Å². The van der Waals surface area contributed by atoms with Crippen molar-refractivity contribution in [2.75, 3.05) is 0 Å². The van der Waals surface area contributed by atoms with Gasteiger partial charge in [-0.15, -0.1) is 16.8 Å². The summed E-state index contributed by atoms with van der Waals surface area (Å²) in [6, 6.07) is 0. The molecule has 59 heavy (non-hydrogen) atoms. The van der Waals surface area contributed by atoms with Crippen molar-refractivity contribution in [1.82, 2.24) is 4.98 Å². The van der Waals surface area contributed by atoms with E-state index in [2.05, 4.69) is 50.3 Å². The standard InChI is InChI=1S/C49H60N4O5.Ni/c1-7-9-10-11-12-13-14-15-16-17-18-19-20-21-22-23-45(57)58-49-33(6)40-27-38-31(4)35(24-25-44(55)56)47(52-38)36-26-43(54)46-32(5)39(53-48(36)46)28-41-34(8-2)30(3)37(50-41)29-42(49)51-40;/h9-10,12-13,16-17,27-29,31,35H,7-8,11,14-15,18-26H2,1-6H3,(H3,50,51,52,53,54,55,56);/q;+2/p-2/b10-9+,13-12+,17-16+;/t31-,35-;/m0./s1. The molecule has 0 amide bonds. The number of hydrogen-bond donors (Lipinski definition) is 1. The van der Waals surface area contributed by atoms with Crippen LogP contribution in [0.2, 0.25) is 0 Å². The summed E-state index contributed by atoms with van der Waals surface area (Å²) >= 11 is 0. The molecule has 2 atom stereocenters. The fourth-order valence-electron chi connectivity index (χ4n) is 8.40. The Morgan fingerprint density at radius 2 is 1.56 bits per heavy atom. The van der Waals surface area contributed by atoms with Gasteiger partial charge in [0, 0.05) is 41.7 Å². The number of hydrogen-bond acceptors (Lipinski definition) is 7. The topological polar surface area (TPSA) is 138 Å². The summed E-state index contributed by atoms with van der Waals surface area (Å²) in [4.78, 5) is 45.4. The number of unbranched alkanes of at least 4 members (excludes halogenated alkanes) is 5. The van der Waals surface area contributed by atoms with Crippen molar-refractivity contribution in [2.45, 2.75) is 131 Å². The maximum Gasteiger partial charge on any atom is 2.00 e. The number of carboxylic acids is 1. The SMILES string of the molecule is CC/C=C/C/C=C/CC/C=C/CCCCCCC(=O)OC1=C(C)C2=NC1=CC1=NC(=Cc3[n-]c4c(c3C)=C([O-])CC=4C3=NC(=C2)[C@@H](C)[C@@H]3CCC(=O)O)C(CC)=C1C.[Ni+2]. The molecular formula is C49H58N4NiO5. The average molecular weight is 842 g/mol. The van der Waals surface area contributed by atoms with Crippen molar-refractivity contribution < 1.29 is 41.0 Å². The third-order valence-electron chi connectivity index (χ3n) is 11.8. The molecule has 6 rings (SSSR count). The summed E-state index contributed by atoms with van der Waals surface area (Å²) in [6.45, 7) is 12.2. The Morgan fingerprint density at radius 1 is 0.864 bits per heavy atom. The smallest absolute Gasteiger partial charge is 0.875 e. The number of rotatable bonds is 18. The van der Waals surface area contributed by atoms with E-state index in [9.17, 15) is 19.8 Å². The number of aliphatic carboxylic acids is 1. The molecule has 5 aliphatic rings. The number of carbonyl (C=O) groups is 2. The Labute approximate surface area is 359 Å². The Hall–Kier alpha value is -4.82. The summed E-state index contributed by atoms with van der Waals surface area (Å²) in [5.41, 5.74) is 9.21. The molecule has 314 valence electrons. The maximum absolute atomic E-state index is 13.6. The molecule has 0 spiro atoms. The molecule has 5 heterocycles. The fourth-order valence-corrected chi connectivity index (χ4v) is 8.40. The Kier molecular flexibility index (Phi) is 16.1. The van der Waals surface area contributed by atoms with E-state index in [0.29, 0.717) is 46.3 Å². The van der Waals surface area contributed by atoms with Crippen LogP contribution < -0.4 is 20.7 Å². The molecule has 9 nitrogen and oxygen atoms in total. The van der Waals surface area contributed by atoms with Crippen LogP contribution in [0.25, 0.3) is 17.4 Å². The second-order valence-corrected chi connectivity index (χ2v) is 15.8. The molecule has 0 aromatic carbocycles. The van der Waals surface area contributed by atoms with Gasteiger partial charge in [-0.1, -0.05) is 81.7 Å². The van der Waals surface area contributed by atoms with E-state index < -0.39 is 5.97 Å². The van der Waals surface area contributed by atoms with Crippen LogP contribution in [0, 0.1) is 18.8 Å². The predicted molar refractivity (Wildman–Crippen MR) is 232 cm³/mol. The van der Waals surface area contributed by atoms with Gasteiger partial charge in [-0.05, 0) is 119 Å². The first-order valence-corrected chi connectivity index (χ1v) is 21.3. The van der Waals surface area contributed by atoms with Crippen LogP contribution in [0.3, 0.4) is 0 Å². The molecule has 0 saturated carbocycles. The van der Waals surface area contributed by atoms with Gasteiger partial charge in [0.25, 0.3) is 0 Å². The zero-order valence-corrected chi connectivity index (χ0v) is 36.4. The number of nitrogens with zero attached hydrogens (tertiary/aromatic N) is 4. The van der Waals surface area contributed by atoms with Crippen LogP contribution >= 0.6 is 0 Å². The van der Waals surface area contributed by atoms with Gasteiger partial charge in [0.15, 0.2) is 5.76 Å². The molecule has 1 N–H and O–H groups in total. The van der Waals surface area contributed by atoms with Crippen LogP contribution in [-0.2, 0) is 30.8 Å². The van der Waals surface area contributed by atoms with E-state index in [-0.39, 0.29) is 52.9 Å². The molecule has 0 unspecified atom stereocenters. The van der Waals surface area contributed by atoms with Crippen LogP contribution in [0.1, 0.15) is 136 Å². The van der Waals surface area contributed by atoms with E-state index >= 15 is 0 Å². The van der Waals surface area contributed by atoms with E-state index in [0.717, 1.165) is 115 Å². The largest absolute Gasteiger partial charge is 2.00 e. The second-order valence-electron chi connectivity index (χ2n) is 15.8. The zero-order valence-electron chi connectivity index (χ0n) is 35.4. The van der Waals surface area contributed by atoms with Gasteiger partial charge in [-0.2, -0.15) is 0 Å². The molecule has 4 aliphatic heterocycles. The maximum atomic E-state index is 13.6. The normalized spacial score (nSPS) is 19.8.